The molecule has 0 unspecified atom stereocenters. The number of fused-ring (bicyclic) bond motifs is 2. The number of amides is 2. The number of hydrogen-bond donors (Lipinski definition) is 2. The minimum atomic E-state index is -0.372. The maximum absolute atomic E-state index is 12.9. The second kappa shape index (κ2) is 8.52. The lowest BCUT2D eigenvalue weighted by molar-refractivity contribution is -0.125. The van der Waals surface area contributed by atoms with Gasteiger partial charge in [0.1, 0.15) is 6.61 Å². The highest BCUT2D eigenvalue weighted by Gasteiger charge is 2.21. The number of aromatic amines is 1. The summed E-state index contributed by atoms with van der Waals surface area (Å²) in [5, 5.41) is 9.33. The van der Waals surface area contributed by atoms with Gasteiger partial charge in [0.25, 0.3) is 11.8 Å². The molecule has 1 fully saturated rings. The first-order valence-corrected chi connectivity index (χ1v) is 10.6. The Morgan fingerprint density at radius 1 is 1.25 bits per heavy atom. The van der Waals surface area contributed by atoms with Crippen LogP contribution in [0.4, 0.5) is 11.4 Å². The number of aliphatic imine (C=N–C) groups is 1. The van der Waals surface area contributed by atoms with Crippen LogP contribution in [0.15, 0.2) is 46.4 Å². The van der Waals surface area contributed by atoms with Crippen LogP contribution in [0.25, 0.3) is 11.0 Å². The van der Waals surface area contributed by atoms with Gasteiger partial charge in [-0.15, -0.1) is 0 Å². The Hall–Kier alpha value is -3.56. The van der Waals surface area contributed by atoms with Gasteiger partial charge in [0, 0.05) is 43.6 Å². The molecule has 1 saturated heterocycles. The summed E-state index contributed by atoms with van der Waals surface area (Å²) in [5.74, 6) is -0.461. The molecule has 0 radical (unpaired) electrons. The van der Waals surface area contributed by atoms with Gasteiger partial charge in [-0.1, -0.05) is 6.07 Å². The normalized spacial score (nSPS) is 16.2. The number of ether oxygens (including phenoxy) is 1. The largest absolute Gasteiger partial charge is 0.396 e. The van der Waals surface area contributed by atoms with Crippen molar-refractivity contribution in [2.75, 3.05) is 31.3 Å². The number of benzene rings is 2. The molecule has 5 rings (SSSR count). The number of imidazole rings is 1. The molecule has 9 heteroatoms. The Morgan fingerprint density at radius 2 is 2.16 bits per heavy atom. The molecule has 0 aliphatic carbocycles. The third-order valence-electron chi connectivity index (χ3n) is 5.69. The van der Waals surface area contributed by atoms with Crippen molar-refractivity contribution in [3.63, 3.8) is 0 Å². The van der Waals surface area contributed by atoms with Crippen molar-refractivity contribution in [3.8, 4) is 0 Å². The summed E-state index contributed by atoms with van der Waals surface area (Å²) < 4.78 is 7.09. The monoisotopic (exact) mass is 433 g/mol. The lowest BCUT2D eigenvalue weighted by Gasteiger charge is -2.26. The van der Waals surface area contributed by atoms with Crippen molar-refractivity contribution >= 4 is 40.4 Å². The van der Waals surface area contributed by atoms with Crippen LogP contribution in [0.1, 0.15) is 22.3 Å². The fraction of sp³-hybridized carbons (Fsp3) is 0.304. The van der Waals surface area contributed by atoms with Crippen LogP contribution in [-0.4, -0.2) is 59.1 Å². The van der Waals surface area contributed by atoms with Gasteiger partial charge >= 0.3 is 0 Å². The van der Waals surface area contributed by atoms with E-state index in [9.17, 15) is 14.7 Å². The van der Waals surface area contributed by atoms with Crippen molar-refractivity contribution < 1.29 is 19.4 Å². The summed E-state index contributed by atoms with van der Waals surface area (Å²) in [7, 11) is 0. The number of morpholine rings is 1. The molecule has 2 aromatic carbocycles. The summed E-state index contributed by atoms with van der Waals surface area (Å²) >= 11 is 0. The molecule has 32 heavy (non-hydrogen) atoms. The molecule has 9 nitrogen and oxygen atoms in total. The molecule has 3 aromatic rings. The van der Waals surface area contributed by atoms with Crippen LogP contribution < -0.4 is 10.5 Å². The first kappa shape index (κ1) is 20.3. The Morgan fingerprint density at radius 3 is 3.00 bits per heavy atom. The number of H-pyrrole nitrogens is 1. The molecule has 2 N–H and O–H groups in total. The van der Waals surface area contributed by atoms with Gasteiger partial charge in [-0.25, -0.2) is 0 Å². The summed E-state index contributed by atoms with van der Waals surface area (Å²) in [6.07, 6.45) is 3.12. The zero-order valence-corrected chi connectivity index (χ0v) is 17.5. The van der Waals surface area contributed by atoms with Crippen molar-refractivity contribution in [3.05, 3.63) is 53.1 Å². The number of nitrogens with one attached hydrogen (secondary N) is 1. The highest BCUT2D eigenvalue weighted by Crippen LogP contribution is 2.25. The van der Waals surface area contributed by atoms with Crippen LogP contribution in [0.5, 0.6) is 0 Å². The number of aryl methyl sites for hydroxylation is 1. The molecular formula is C23H23N5O4. The number of carbonyl (C=O) groups excluding carboxylic acids is 2. The van der Waals surface area contributed by atoms with E-state index >= 15 is 0 Å². The second-order valence-electron chi connectivity index (χ2n) is 7.75. The number of hydrogen-bond acceptors (Lipinski definition) is 5. The lowest BCUT2D eigenvalue weighted by Crippen LogP contribution is -2.41. The summed E-state index contributed by atoms with van der Waals surface area (Å²) in [5.41, 5.74) is 5.11. The van der Waals surface area contributed by atoms with Crippen LogP contribution >= 0.6 is 0 Å². The average molecular weight is 433 g/mol. The molecule has 0 bridgehead atoms. The van der Waals surface area contributed by atoms with E-state index in [0.717, 1.165) is 34.4 Å². The van der Waals surface area contributed by atoms with Gasteiger partial charge in [0.15, 0.2) is 0 Å². The number of aliphatic hydroxyl groups excluding tert-OH is 1. The SMILES string of the molecule is O=C(/N=c1\[nH]c2cc(N3CCOCC3=O)ccc2n1CCCO)c1ccc2c(c1)N=CC2. The van der Waals surface area contributed by atoms with Crippen molar-refractivity contribution in [2.45, 2.75) is 19.4 Å². The van der Waals surface area contributed by atoms with Crippen molar-refractivity contribution in [2.24, 2.45) is 9.98 Å². The smallest absolute Gasteiger partial charge is 0.280 e. The van der Waals surface area contributed by atoms with Crippen LogP contribution in [-0.2, 0) is 22.5 Å². The molecule has 0 atom stereocenters. The Kier molecular flexibility index (Phi) is 5.42. The van der Waals surface area contributed by atoms with E-state index in [0.29, 0.717) is 37.3 Å². The van der Waals surface area contributed by atoms with Crippen molar-refractivity contribution in [1.29, 1.82) is 0 Å². The molecule has 2 aliphatic rings. The van der Waals surface area contributed by atoms with E-state index in [4.69, 9.17) is 4.74 Å². The van der Waals surface area contributed by atoms with Crippen LogP contribution in [0.3, 0.4) is 0 Å². The van der Waals surface area contributed by atoms with Crippen LogP contribution in [0, 0.1) is 0 Å². The van der Waals surface area contributed by atoms with Gasteiger partial charge in [-0.05, 0) is 42.3 Å². The Balaban J connectivity index is 1.55. The second-order valence-corrected chi connectivity index (χ2v) is 7.75. The van der Waals surface area contributed by atoms with Gasteiger partial charge < -0.3 is 24.3 Å². The summed E-state index contributed by atoms with van der Waals surface area (Å²) in [6.45, 7) is 1.57. The number of carbonyl (C=O) groups is 2. The standard InChI is InChI=1S/C23H23N5O4/c29-10-1-8-28-20-5-4-17(27-9-11-32-14-21(27)30)13-19(20)25-23(28)26-22(31)16-3-2-15-6-7-24-18(15)12-16/h2-5,7,12-13,29H,1,6,8-11,14H2,(H,25,26,31). The van der Waals surface area contributed by atoms with Gasteiger partial charge in [-0.2, -0.15) is 4.99 Å². The maximum Gasteiger partial charge on any atom is 0.280 e. The van der Waals surface area contributed by atoms with Gasteiger partial charge in [0.05, 0.1) is 23.3 Å². The van der Waals surface area contributed by atoms with E-state index in [1.54, 1.807) is 17.0 Å². The summed E-state index contributed by atoms with van der Waals surface area (Å²) in [4.78, 5) is 38.7. The predicted molar refractivity (Wildman–Crippen MR) is 119 cm³/mol. The molecule has 2 aliphatic heterocycles. The first-order valence-electron chi connectivity index (χ1n) is 10.6. The Labute approximate surface area is 183 Å². The van der Waals surface area contributed by atoms with E-state index in [1.807, 2.05) is 35.0 Å². The molecule has 2 amide bonds. The van der Waals surface area contributed by atoms with Gasteiger partial charge in [-0.3, -0.25) is 14.6 Å². The summed E-state index contributed by atoms with van der Waals surface area (Å²) in [6, 6.07) is 11.1. The first-order chi connectivity index (χ1) is 15.6. The predicted octanol–water partition coefficient (Wildman–Crippen LogP) is 1.71. The average Bonchev–Trinajstić information content (AvgIpc) is 3.41. The zero-order chi connectivity index (χ0) is 22.1. The fourth-order valence-corrected chi connectivity index (χ4v) is 4.06. The molecule has 3 heterocycles. The minimum Gasteiger partial charge on any atom is -0.396 e. The Bertz CT molecular complexity index is 1300. The molecule has 164 valence electrons. The van der Waals surface area contributed by atoms with Gasteiger partial charge in [0.2, 0.25) is 5.62 Å². The number of anilines is 1. The number of aromatic nitrogens is 2. The fourth-order valence-electron chi connectivity index (χ4n) is 4.06. The van der Waals surface area contributed by atoms with E-state index in [2.05, 4.69) is 15.0 Å². The quantitative estimate of drug-likeness (QED) is 0.638. The molecule has 0 saturated carbocycles. The highest BCUT2D eigenvalue weighted by molar-refractivity contribution is 5.97. The van der Waals surface area contributed by atoms with E-state index < -0.39 is 0 Å². The third kappa shape index (κ3) is 3.76. The topological polar surface area (TPSA) is 112 Å². The molecule has 0 spiro atoms. The lowest BCUT2D eigenvalue weighted by atomic mass is 10.1. The molecular weight excluding hydrogens is 410 g/mol. The van der Waals surface area contributed by atoms with E-state index in [1.165, 1.54) is 0 Å². The highest BCUT2D eigenvalue weighted by atomic mass is 16.5. The maximum atomic E-state index is 12.9. The third-order valence-corrected chi connectivity index (χ3v) is 5.69. The minimum absolute atomic E-state index is 0.0241. The van der Waals surface area contributed by atoms with E-state index in [-0.39, 0.29) is 25.0 Å². The molecule has 1 aromatic heterocycles. The number of aliphatic hydroxyl groups is 1. The zero-order valence-electron chi connectivity index (χ0n) is 17.5. The van der Waals surface area contributed by atoms with Crippen LogP contribution in [0.2, 0.25) is 0 Å². The number of rotatable bonds is 5. The number of nitrogens with zero attached hydrogens (tertiary/aromatic N) is 4. The van der Waals surface area contributed by atoms with Crippen molar-refractivity contribution in [1.82, 2.24) is 9.55 Å².